The molecule has 3 aromatic rings. The minimum atomic E-state index is -1.14. The van der Waals surface area contributed by atoms with E-state index in [1.165, 1.54) is 6.20 Å². The van der Waals surface area contributed by atoms with Gasteiger partial charge < -0.3 is 19.6 Å². The molecule has 2 aromatic heterocycles. The third-order valence-corrected chi connectivity index (χ3v) is 3.27. The first-order valence-corrected chi connectivity index (χ1v) is 7.23. The highest BCUT2D eigenvalue weighted by molar-refractivity contribution is 5.86. The summed E-state index contributed by atoms with van der Waals surface area (Å²) in [5.74, 6) is 1.39. The fourth-order valence-electron chi connectivity index (χ4n) is 2.18. The van der Waals surface area contributed by atoms with Gasteiger partial charge in [0.05, 0.1) is 24.0 Å². The molecule has 0 saturated heterocycles. The van der Waals surface area contributed by atoms with Gasteiger partial charge in [0.1, 0.15) is 18.2 Å². The zero-order chi connectivity index (χ0) is 16.9. The van der Waals surface area contributed by atoms with Crippen molar-refractivity contribution in [1.82, 2.24) is 15.0 Å². The Morgan fingerprint density at radius 1 is 1.29 bits per heavy atom. The summed E-state index contributed by atoms with van der Waals surface area (Å²) in [6.07, 6.45) is 0.285. The van der Waals surface area contributed by atoms with Crippen molar-refractivity contribution in [1.29, 1.82) is 0 Å². The molecule has 0 fully saturated rings. The molecule has 0 aliphatic rings. The number of H-pyrrole nitrogens is 1. The topological polar surface area (TPSA) is 109 Å². The van der Waals surface area contributed by atoms with Crippen molar-refractivity contribution in [3.63, 3.8) is 0 Å². The number of benzene rings is 1. The Morgan fingerprint density at radius 2 is 2.08 bits per heavy atom. The number of nitrogens with zero attached hydrogens (tertiary/aromatic N) is 2. The summed E-state index contributed by atoms with van der Waals surface area (Å²) in [7, 11) is 1.62. The summed E-state index contributed by atoms with van der Waals surface area (Å²) >= 11 is 0. The maximum absolute atomic E-state index is 10.7. The number of aromatic nitrogens is 3. The Kier molecular flexibility index (Phi) is 4.57. The molecule has 24 heavy (non-hydrogen) atoms. The van der Waals surface area contributed by atoms with Gasteiger partial charge in [0.25, 0.3) is 0 Å². The van der Waals surface area contributed by atoms with Crippen molar-refractivity contribution in [2.45, 2.75) is 0 Å². The van der Waals surface area contributed by atoms with Gasteiger partial charge in [-0.2, -0.15) is 0 Å². The number of pyridine rings is 1. The monoisotopic (exact) mass is 328 g/mol. The lowest BCUT2D eigenvalue weighted by molar-refractivity contribution is 0.146. The SMILES string of the molecule is COCCOc1ccc(-c2nc3ncc(NC(=O)O)cc3[nH]2)cc1. The van der Waals surface area contributed by atoms with Crippen LogP contribution in [0.2, 0.25) is 0 Å². The van der Waals surface area contributed by atoms with E-state index in [0.717, 1.165) is 11.3 Å². The smallest absolute Gasteiger partial charge is 0.409 e. The summed E-state index contributed by atoms with van der Waals surface area (Å²) < 4.78 is 10.5. The van der Waals surface area contributed by atoms with Crippen LogP contribution in [0.25, 0.3) is 22.6 Å². The number of fused-ring (bicyclic) bond motifs is 1. The van der Waals surface area contributed by atoms with Crippen molar-refractivity contribution >= 4 is 22.9 Å². The Balaban J connectivity index is 1.80. The minimum absolute atomic E-state index is 0.382. The lowest BCUT2D eigenvalue weighted by Gasteiger charge is -2.05. The summed E-state index contributed by atoms with van der Waals surface area (Å²) in [5, 5.41) is 11.0. The molecule has 3 N–H and O–H groups in total. The maximum Gasteiger partial charge on any atom is 0.409 e. The number of aromatic amines is 1. The average molecular weight is 328 g/mol. The van der Waals surface area contributed by atoms with Gasteiger partial charge in [-0.15, -0.1) is 0 Å². The van der Waals surface area contributed by atoms with E-state index in [-0.39, 0.29) is 0 Å². The van der Waals surface area contributed by atoms with Crippen molar-refractivity contribution in [3.05, 3.63) is 36.5 Å². The molecular formula is C16H16N4O4. The molecule has 1 aromatic carbocycles. The van der Waals surface area contributed by atoms with Crippen LogP contribution < -0.4 is 10.1 Å². The molecule has 1 amide bonds. The van der Waals surface area contributed by atoms with Crippen LogP contribution in [-0.4, -0.2) is 46.5 Å². The van der Waals surface area contributed by atoms with E-state index >= 15 is 0 Å². The molecule has 0 bridgehead atoms. The van der Waals surface area contributed by atoms with Gasteiger partial charge in [0.2, 0.25) is 0 Å². The number of anilines is 1. The first kappa shape index (κ1) is 15.8. The molecule has 0 unspecified atom stereocenters. The number of nitrogens with one attached hydrogen (secondary N) is 2. The van der Waals surface area contributed by atoms with E-state index in [4.69, 9.17) is 14.6 Å². The Morgan fingerprint density at radius 3 is 2.79 bits per heavy atom. The van der Waals surface area contributed by atoms with Crippen LogP contribution in [0, 0.1) is 0 Å². The van der Waals surface area contributed by atoms with Gasteiger partial charge in [-0.05, 0) is 30.3 Å². The number of amides is 1. The number of rotatable bonds is 6. The standard InChI is InChI=1S/C16H16N4O4/c1-23-6-7-24-12-4-2-10(3-5-12)14-19-13-8-11(18-16(21)22)9-17-15(13)20-14/h2-5,8-9,18H,6-7H2,1H3,(H,21,22)(H,17,19,20). The fourth-order valence-corrected chi connectivity index (χ4v) is 2.18. The second kappa shape index (κ2) is 6.97. The van der Waals surface area contributed by atoms with Crippen molar-refractivity contribution in [3.8, 4) is 17.1 Å². The third kappa shape index (κ3) is 3.61. The zero-order valence-electron chi connectivity index (χ0n) is 12.9. The number of imidazole rings is 1. The molecule has 8 heteroatoms. The second-order valence-electron chi connectivity index (χ2n) is 4.98. The number of ether oxygens (including phenoxy) is 2. The second-order valence-corrected chi connectivity index (χ2v) is 4.98. The predicted molar refractivity (Wildman–Crippen MR) is 88.3 cm³/mol. The third-order valence-electron chi connectivity index (χ3n) is 3.27. The maximum atomic E-state index is 10.7. The molecule has 0 spiro atoms. The van der Waals surface area contributed by atoms with E-state index in [1.807, 2.05) is 24.3 Å². The minimum Gasteiger partial charge on any atom is -0.491 e. The van der Waals surface area contributed by atoms with Crippen LogP contribution >= 0.6 is 0 Å². The molecule has 2 heterocycles. The van der Waals surface area contributed by atoms with Crippen molar-refractivity contribution in [2.75, 3.05) is 25.6 Å². The number of carboxylic acid groups (broad SMARTS) is 1. The van der Waals surface area contributed by atoms with E-state index in [9.17, 15) is 4.79 Å². The number of hydrogen-bond acceptors (Lipinski definition) is 5. The number of methoxy groups -OCH3 is 1. The van der Waals surface area contributed by atoms with Crippen LogP contribution in [0.3, 0.4) is 0 Å². The lowest BCUT2D eigenvalue weighted by atomic mass is 10.2. The van der Waals surface area contributed by atoms with Gasteiger partial charge >= 0.3 is 6.09 Å². The Bertz CT molecular complexity index is 845. The largest absolute Gasteiger partial charge is 0.491 e. The van der Waals surface area contributed by atoms with E-state index in [2.05, 4.69) is 20.3 Å². The summed E-state index contributed by atoms with van der Waals surface area (Å²) in [5.41, 5.74) is 2.42. The van der Waals surface area contributed by atoms with Gasteiger partial charge in [-0.1, -0.05) is 0 Å². The number of carbonyl (C=O) groups is 1. The molecule has 0 saturated carbocycles. The highest BCUT2D eigenvalue weighted by Gasteiger charge is 2.08. The zero-order valence-corrected chi connectivity index (χ0v) is 12.9. The average Bonchev–Trinajstić information content (AvgIpc) is 2.98. The fraction of sp³-hybridized carbons (Fsp3) is 0.188. The van der Waals surface area contributed by atoms with E-state index in [0.29, 0.717) is 35.9 Å². The molecule has 0 aliphatic carbocycles. The molecule has 3 rings (SSSR count). The van der Waals surface area contributed by atoms with Gasteiger partial charge in [-0.3, -0.25) is 5.32 Å². The molecule has 124 valence electrons. The number of hydrogen-bond donors (Lipinski definition) is 3. The van der Waals surface area contributed by atoms with Crippen LogP contribution in [0.1, 0.15) is 0 Å². The molecule has 0 aliphatic heterocycles. The van der Waals surface area contributed by atoms with E-state index < -0.39 is 6.09 Å². The van der Waals surface area contributed by atoms with E-state index in [1.54, 1.807) is 13.2 Å². The summed E-state index contributed by atoms with van der Waals surface area (Å²) in [6, 6.07) is 9.12. The van der Waals surface area contributed by atoms with Crippen molar-refractivity contribution in [2.24, 2.45) is 0 Å². The molecule has 0 radical (unpaired) electrons. The molecule has 0 atom stereocenters. The molecular weight excluding hydrogens is 312 g/mol. The lowest BCUT2D eigenvalue weighted by Crippen LogP contribution is -2.07. The van der Waals surface area contributed by atoms with Gasteiger partial charge in [-0.25, -0.2) is 14.8 Å². The quantitative estimate of drug-likeness (QED) is 0.600. The van der Waals surface area contributed by atoms with Crippen LogP contribution in [0.5, 0.6) is 5.75 Å². The van der Waals surface area contributed by atoms with Crippen molar-refractivity contribution < 1.29 is 19.4 Å². The summed E-state index contributed by atoms with van der Waals surface area (Å²) in [6.45, 7) is 1.02. The Labute approximate surface area is 137 Å². The Hall–Kier alpha value is -3.13. The summed E-state index contributed by atoms with van der Waals surface area (Å²) in [4.78, 5) is 22.3. The first-order chi connectivity index (χ1) is 11.7. The van der Waals surface area contributed by atoms with Gasteiger partial charge in [0, 0.05) is 12.7 Å². The van der Waals surface area contributed by atoms with Crippen LogP contribution in [0.15, 0.2) is 36.5 Å². The first-order valence-electron chi connectivity index (χ1n) is 7.23. The normalized spacial score (nSPS) is 10.7. The predicted octanol–water partition coefficient (Wildman–Crippen LogP) is 2.74. The highest BCUT2D eigenvalue weighted by Crippen LogP contribution is 2.23. The highest BCUT2D eigenvalue weighted by atomic mass is 16.5. The van der Waals surface area contributed by atoms with Crippen LogP contribution in [0.4, 0.5) is 10.5 Å². The van der Waals surface area contributed by atoms with Gasteiger partial charge in [0.15, 0.2) is 5.65 Å². The van der Waals surface area contributed by atoms with Crippen LogP contribution in [-0.2, 0) is 4.74 Å². The molecule has 8 nitrogen and oxygen atoms in total.